The van der Waals surface area contributed by atoms with Crippen molar-refractivity contribution >= 4 is 39.9 Å². The van der Waals surface area contributed by atoms with Gasteiger partial charge in [-0.3, -0.25) is 5.43 Å². The van der Waals surface area contributed by atoms with E-state index in [4.69, 9.17) is 17.0 Å². The highest BCUT2D eigenvalue weighted by Gasteiger charge is 2.16. The number of thiocarbonyl (C=S) groups is 1. The van der Waals surface area contributed by atoms with E-state index in [-0.39, 0.29) is 5.11 Å². The van der Waals surface area contributed by atoms with E-state index in [0.29, 0.717) is 0 Å². The molecule has 3 N–H and O–H groups in total. The Morgan fingerprint density at radius 1 is 1.05 bits per heavy atom. The molecule has 0 aromatic heterocycles. The number of benzene rings is 2. The molecule has 0 aliphatic heterocycles. The maximum atomic E-state index is 11.5. The van der Waals surface area contributed by atoms with Crippen molar-refractivity contribution in [3.05, 3.63) is 42.5 Å². The number of rotatable bonds is 1. The molecule has 1 amide bonds. The van der Waals surface area contributed by atoms with Crippen molar-refractivity contribution < 1.29 is 9.53 Å². The third-order valence-corrected chi connectivity index (χ3v) is 2.92. The fourth-order valence-corrected chi connectivity index (χ4v) is 2.06. The molecule has 5 nitrogen and oxygen atoms in total. The van der Waals surface area contributed by atoms with E-state index < -0.39 is 11.7 Å². The molecule has 0 saturated carbocycles. The van der Waals surface area contributed by atoms with E-state index in [1.54, 1.807) is 20.8 Å². The van der Waals surface area contributed by atoms with Gasteiger partial charge < -0.3 is 10.1 Å². The minimum Gasteiger partial charge on any atom is -0.443 e. The molecule has 0 atom stereocenters. The summed E-state index contributed by atoms with van der Waals surface area (Å²) in [7, 11) is 0. The first-order chi connectivity index (χ1) is 10.3. The average molecular weight is 317 g/mol. The summed E-state index contributed by atoms with van der Waals surface area (Å²) >= 11 is 5.17. The van der Waals surface area contributed by atoms with Crippen molar-refractivity contribution in [1.29, 1.82) is 0 Å². The summed E-state index contributed by atoms with van der Waals surface area (Å²) in [6.45, 7) is 5.37. The van der Waals surface area contributed by atoms with E-state index in [9.17, 15) is 4.79 Å². The van der Waals surface area contributed by atoms with Gasteiger partial charge >= 0.3 is 6.09 Å². The lowest BCUT2D eigenvalue weighted by Gasteiger charge is -2.20. The van der Waals surface area contributed by atoms with Crippen LogP contribution in [0.4, 0.5) is 10.5 Å². The van der Waals surface area contributed by atoms with Gasteiger partial charge in [0.15, 0.2) is 5.11 Å². The van der Waals surface area contributed by atoms with Crippen molar-refractivity contribution in [2.45, 2.75) is 26.4 Å². The molecule has 116 valence electrons. The summed E-state index contributed by atoms with van der Waals surface area (Å²) < 4.78 is 5.11. The molecule has 2 aromatic carbocycles. The van der Waals surface area contributed by atoms with Crippen molar-refractivity contribution in [3.8, 4) is 0 Å². The molecular formula is C16H19N3O2S. The Kier molecular flexibility index (Phi) is 4.82. The molecule has 2 aromatic rings. The monoisotopic (exact) mass is 317 g/mol. The van der Waals surface area contributed by atoms with Crippen molar-refractivity contribution in [1.82, 2.24) is 10.9 Å². The Bertz CT molecular complexity index is 690. The fraction of sp³-hybridized carbons (Fsp3) is 0.250. The van der Waals surface area contributed by atoms with E-state index in [2.05, 4.69) is 16.2 Å². The molecule has 0 fully saturated rings. The number of hydrogen-bond donors (Lipinski definition) is 3. The van der Waals surface area contributed by atoms with Crippen molar-refractivity contribution in [2.75, 3.05) is 5.32 Å². The molecule has 6 heteroatoms. The van der Waals surface area contributed by atoms with Crippen LogP contribution in [0.3, 0.4) is 0 Å². The summed E-state index contributed by atoms with van der Waals surface area (Å²) in [5.41, 5.74) is 5.31. The number of hydrazine groups is 1. The zero-order valence-corrected chi connectivity index (χ0v) is 13.6. The first-order valence-electron chi connectivity index (χ1n) is 6.89. The molecule has 0 aliphatic carbocycles. The van der Waals surface area contributed by atoms with E-state index in [0.717, 1.165) is 16.5 Å². The van der Waals surface area contributed by atoms with Gasteiger partial charge in [-0.05, 0) is 44.4 Å². The highest BCUT2D eigenvalue weighted by Crippen LogP contribution is 2.22. The molecule has 0 heterocycles. The normalized spacial score (nSPS) is 10.9. The smallest absolute Gasteiger partial charge is 0.426 e. The van der Waals surface area contributed by atoms with E-state index in [1.165, 1.54) is 0 Å². The van der Waals surface area contributed by atoms with Crippen LogP contribution < -0.4 is 16.2 Å². The third-order valence-electron chi connectivity index (χ3n) is 2.71. The van der Waals surface area contributed by atoms with Gasteiger partial charge in [0, 0.05) is 11.1 Å². The van der Waals surface area contributed by atoms with Crippen LogP contribution in [0.25, 0.3) is 10.8 Å². The Morgan fingerprint density at radius 3 is 2.45 bits per heavy atom. The summed E-state index contributed by atoms with van der Waals surface area (Å²) in [6, 6.07) is 13.8. The summed E-state index contributed by atoms with van der Waals surface area (Å²) in [5, 5.41) is 5.49. The minimum atomic E-state index is -0.588. The van der Waals surface area contributed by atoms with Gasteiger partial charge in [-0.25, -0.2) is 10.2 Å². The van der Waals surface area contributed by atoms with Gasteiger partial charge in [-0.2, -0.15) is 0 Å². The van der Waals surface area contributed by atoms with E-state index in [1.807, 2.05) is 42.5 Å². The minimum absolute atomic E-state index is 0.280. The highest BCUT2D eigenvalue weighted by molar-refractivity contribution is 7.80. The molecule has 22 heavy (non-hydrogen) atoms. The summed E-state index contributed by atoms with van der Waals surface area (Å²) in [4.78, 5) is 11.5. The second-order valence-electron chi connectivity index (χ2n) is 5.73. The average Bonchev–Trinajstić information content (AvgIpc) is 2.44. The number of carbonyl (C=O) groups is 1. The molecule has 0 bridgehead atoms. The fourth-order valence-electron chi connectivity index (χ4n) is 1.90. The lowest BCUT2D eigenvalue weighted by Crippen LogP contribution is -2.45. The van der Waals surface area contributed by atoms with Crippen LogP contribution in [-0.2, 0) is 4.74 Å². The second-order valence-corrected chi connectivity index (χ2v) is 6.14. The van der Waals surface area contributed by atoms with Crippen LogP contribution in [-0.4, -0.2) is 16.8 Å². The third kappa shape index (κ3) is 4.60. The number of carbonyl (C=O) groups excluding carboxylic acids is 1. The first kappa shape index (κ1) is 16.0. The zero-order chi connectivity index (χ0) is 16.2. The summed E-state index contributed by atoms with van der Waals surface area (Å²) in [6.07, 6.45) is -0.588. The largest absolute Gasteiger partial charge is 0.443 e. The quantitative estimate of drug-likeness (QED) is 0.554. The SMILES string of the molecule is CC(C)(C)OC(=O)NNC(=S)Nc1cccc2ccccc12. The predicted octanol–water partition coefficient (Wildman–Crippen LogP) is 3.57. The number of ether oxygens (including phenoxy) is 1. The lowest BCUT2D eigenvalue weighted by molar-refractivity contribution is 0.0513. The van der Waals surface area contributed by atoms with Gasteiger partial charge in [0.1, 0.15) is 5.60 Å². The van der Waals surface area contributed by atoms with Crippen LogP contribution in [0.1, 0.15) is 20.8 Å². The topological polar surface area (TPSA) is 62.4 Å². The first-order valence-corrected chi connectivity index (χ1v) is 7.30. The summed E-state index contributed by atoms with van der Waals surface area (Å²) in [5.74, 6) is 0. The van der Waals surface area contributed by atoms with Gasteiger partial charge in [0.25, 0.3) is 0 Å². The van der Waals surface area contributed by atoms with Crippen molar-refractivity contribution in [2.24, 2.45) is 0 Å². The molecule has 0 saturated heterocycles. The highest BCUT2D eigenvalue weighted by atomic mass is 32.1. The Balaban J connectivity index is 1.96. The van der Waals surface area contributed by atoms with Crippen molar-refractivity contribution in [3.63, 3.8) is 0 Å². The van der Waals surface area contributed by atoms with Crippen LogP contribution in [0, 0.1) is 0 Å². The molecule has 2 rings (SSSR count). The lowest BCUT2D eigenvalue weighted by atomic mass is 10.1. The molecule has 0 aliphatic rings. The van der Waals surface area contributed by atoms with E-state index >= 15 is 0 Å². The Hall–Kier alpha value is -2.34. The predicted molar refractivity (Wildman–Crippen MR) is 92.7 cm³/mol. The van der Waals surface area contributed by atoms with Gasteiger partial charge in [-0.15, -0.1) is 0 Å². The number of anilines is 1. The standard InChI is InChI=1S/C16H19N3O2S/c1-16(2,3)21-15(20)19-18-14(22)17-13-10-6-8-11-7-4-5-9-12(11)13/h4-10H,1-3H3,(H,19,20)(H2,17,18,22). The number of fused-ring (bicyclic) bond motifs is 1. The van der Waals surface area contributed by atoms with Crippen LogP contribution in [0.15, 0.2) is 42.5 Å². The molecular weight excluding hydrogens is 298 g/mol. The maximum absolute atomic E-state index is 11.5. The second kappa shape index (κ2) is 6.62. The van der Waals surface area contributed by atoms with Crippen LogP contribution in [0.5, 0.6) is 0 Å². The zero-order valence-electron chi connectivity index (χ0n) is 12.8. The Morgan fingerprint density at radius 2 is 1.73 bits per heavy atom. The van der Waals surface area contributed by atoms with Gasteiger partial charge in [0.05, 0.1) is 0 Å². The Labute approximate surface area is 135 Å². The van der Waals surface area contributed by atoms with Crippen LogP contribution >= 0.6 is 12.2 Å². The van der Waals surface area contributed by atoms with Gasteiger partial charge in [0.2, 0.25) is 0 Å². The molecule has 0 spiro atoms. The molecule has 0 unspecified atom stereocenters. The number of amides is 1. The van der Waals surface area contributed by atoms with Gasteiger partial charge in [-0.1, -0.05) is 36.4 Å². The molecule has 0 radical (unpaired) electrons. The number of nitrogens with one attached hydrogen (secondary N) is 3. The maximum Gasteiger partial charge on any atom is 0.426 e. The number of hydrogen-bond acceptors (Lipinski definition) is 3. The van der Waals surface area contributed by atoms with Crippen LogP contribution in [0.2, 0.25) is 0 Å².